The van der Waals surface area contributed by atoms with Gasteiger partial charge in [0.25, 0.3) is 0 Å². The van der Waals surface area contributed by atoms with E-state index in [-0.39, 0.29) is 30.9 Å². The molecule has 0 aliphatic heterocycles. The number of benzene rings is 1. The van der Waals surface area contributed by atoms with E-state index >= 15 is 0 Å². The number of halogens is 2. The van der Waals surface area contributed by atoms with Crippen LogP contribution in [0.3, 0.4) is 0 Å². The second-order valence-electron chi connectivity index (χ2n) is 3.97. The van der Waals surface area contributed by atoms with Gasteiger partial charge in [0.1, 0.15) is 6.61 Å². The van der Waals surface area contributed by atoms with Crippen LogP contribution in [0.25, 0.3) is 0 Å². The Kier molecular flexibility index (Phi) is 13.3. The number of carbonyl (C=O) groups is 1. The molecule has 0 aromatic heterocycles. The lowest BCUT2D eigenvalue weighted by Crippen LogP contribution is -2.27. The zero-order chi connectivity index (χ0) is 13.2. The average molecular weight is 324 g/mol. The Labute approximate surface area is 132 Å². The number of hydrogen-bond acceptors (Lipinski definition) is 4. The number of nitrogen functional groups attached to an aromatic ring is 1. The van der Waals surface area contributed by atoms with Gasteiger partial charge in [-0.1, -0.05) is 13.3 Å². The van der Waals surface area contributed by atoms with Gasteiger partial charge in [-0.15, -0.1) is 24.8 Å². The summed E-state index contributed by atoms with van der Waals surface area (Å²) >= 11 is 0. The van der Waals surface area contributed by atoms with Gasteiger partial charge < -0.3 is 21.1 Å². The highest BCUT2D eigenvalue weighted by atomic mass is 35.5. The largest absolute Gasteiger partial charge is 0.448 e. The molecule has 0 fully saturated rings. The van der Waals surface area contributed by atoms with Gasteiger partial charge in [0.05, 0.1) is 0 Å². The molecule has 1 rings (SSSR count). The Morgan fingerprint density at radius 2 is 1.85 bits per heavy atom. The van der Waals surface area contributed by atoms with Gasteiger partial charge in [-0.2, -0.15) is 0 Å². The predicted molar refractivity (Wildman–Crippen MR) is 88.1 cm³/mol. The molecule has 1 aromatic rings. The molecule has 20 heavy (non-hydrogen) atoms. The summed E-state index contributed by atoms with van der Waals surface area (Å²) < 4.78 is 5.00. The maximum Gasteiger partial charge on any atom is 0.407 e. The van der Waals surface area contributed by atoms with Crippen LogP contribution in [-0.4, -0.2) is 25.8 Å². The number of nitrogens with two attached hydrogens (primary N) is 1. The van der Waals surface area contributed by atoms with E-state index < -0.39 is 0 Å². The summed E-state index contributed by atoms with van der Waals surface area (Å²) in [5.41, 5.74) is 7.26. The summed E-state index contributed by atoms with van der Waals surface area (Å²) in [7, 11) is 0. The average Bonchev–Trinajstić information content (AvgIpc) is 2.37. The first-order valence-electron chi connectivity index (χ1n) is 6.22. The number of carbonyl (C=O) groups excluding carboxylic acids is 1. The molecule has 0 aliphatic rings. The lowest BCUT2D eigenvalue weighted by Gasteiger charge is -2.08. The van der Waals surface area contributed by atoms with Gasteiger partial charge in [0, 0.05) is 24.5 Å². The molecule has 0 heterocycles. The standard InChI is InChI=1S/C13H21N3O2.2ClH/c1-2-3-8-16-13(17)18-10-9-15-12-6-4-11(14)5-7-12;;/h4-7,15H,2-3,8-10,14H2,1H3,(H,16,17);2*1H. The third-order valence-corrected chi connectivity index (χ3v) is 2.37. The van der Waals surface area contributed by atoms with E-state index in [0.717, 1.165) is 24.2 Å². The number of alkyl carbamates (subject to hydrolysis) is 1. The van der Waals surface area contributed by atoms with Crippen molar-refractivity contribution in [3.05, 3.63) is 24.3 Å². The maximum atomic E-state index is 11.2. The molecule has 0 aliphatic carbocycles. The second-order valence-corrected chi connectivity index (χ2v) is 3.97. The number of hydrogen-bond donors (Lipinski definition) is 3. The molecule has 5 nitrogen and oxygen atoms in total. The quantitative estimate of drug-likeness (QED) is 0.532. The molecular formula is C13H23Cl2N3O2. The van der Waals surface area contributed by atoms with Gasteiger partial charge in [-0.3, -0.25) is 0 Å². The summed E-state index contributed by atoms with van der Waals surface area (Å²) in [6.45, 7) is 3.65. The smallest absolute Gasteiger partial charge is 0.407 e. The summed E-state index contributed by atoms with van der Waals surface area (Å²) in [5.74, 6) is 0. The highest BCUT2D eigenvalue weighted by molar-refractivity contribution is 5.85. The summed E-state index contributed by atoms with van der Waals surface area (Å²) in [6.07, 6.45) is 1.67. The molecule has 0 spiro atoms. The fourth-order valence-electron chi connectivity index (χ4n) is 1.36. The second kappa shape index (κ2) is 12.7. The van der Waals surface area contributed by atoms with E-state index in [1.807, 2.05) is 24.3 Å². The van der Waals surface area contributed by atoms with E-state index in [9.17, 15) is 4.79 Å². The lowest BCUT2D eigenvalue weighted by molar-refractivity contribution is 0.150. The van der Waals surface area contributed by atoms with Gasteiger partial charge >= 0.3 is 6.09 Å². The van der Waals surface area contributed by atoms with E-state index in [0.29, 0.717) is 19.7 Å². The summed E-state index contributed by atoms with van der Waals surface area (Å²) in [4.78, 5) is 11.2. The molecule has 116 valence electrons. The molecule has 1 aromatic carbocycles. The molecule has 4 N–H and O–H groups in total. The number of amides is 1. The summed E-state index contributed by atoms with van der Waals surface area (Å²) in [5, 5.41) is 5.82. The number of ether oxygens (including phenoxy) is 1. The first-order chi connectivity index (χ1) is 8.72. The van der Waals surface area contributed by atoms with Crippen LogP contribution in [0.4, 0.5) is 16.2 Å². The minimum absolute atomic E-state index is 0. The Bertz CT molecular complexity index is 361. The normalized spacial score (nSPS) is 8.85. The third-order valence-electron chi connectivity index (χ3n) is 2.37. The molecule has 0 saturated carbocycles. The molecule has 0 unspecified atom stereocenters. The minimum atomic E-state index is -0.359. The van der Waals surface area contributed by atoms with Crippen molar-refractivity contribution in [1.82, 2.24) is 5.32 Å². The van der Waals surface area contributed by atoms with E-state index in [4.69, 9.17) is 10.5 Å². The number of rotatable bonds is 7. The zero-order valence-corrected chi connectivity index (χ0v) is 13.2. The Hall–Kier alpha value is -1.33. The van der Waals surface area contributed by atoms with Crippen LogP contribution in [0.1, 0.15) is 19.8 Å². The van der Waals surface area contributed by atoms with E-state index in [1.165, 1.54) is 0 Å². The highest BCUT2D eigenvalue weighted by Crippen LogP contribution is 2.09. The van der Waals surface area contributed by atoms with Crippen molar-refractivity contribution in [2.24, 2.45) is 0 Å². The molecule has 0 radical (unpaired) electrons. The van der Waals surface area contributed by atoms with Crippen LogP contribution in [0.5, 0.6) is 0 Å². The van der Waals surface area contributed by atoms with Gasteiger partial charge in [-0.25, -0.2) is 4.79 Å². The fourth-order valence-corrected chi connectivity index (χ4v) is 1.36. The van der Waals surface area contributed by atoms with Crippen LogP contribution in [0.15, 0.2) is 24.3 Å². The first kappa shape index (κ1) is 21.0. The Balaban J connectivity index is 0. The Morgan fingerprint density at radius 1 is 1.20 bits per heavy atom. The van der Waals surface area contributed by atoms with Crippen molar-refractivity contribution in [2.75, 3.05) is 30.7 Å². The van der Waals surface area contributed by atoms with Gasteiger partial charge in [-0.05, 0) is 30.7 Å². The first-order valence-corrected chi connectivity index (χ1v) is 6.22. The lowest BCUT2D eigenvalue weighted by atomic mass is 10.3. The van der Waals surface area contributed by atoms with Crippen LogP contribution >= 0.6 is 24.8 Å². The maximum absolute atomic E-state index is 11.2. The van der Waals surface area contributed by atoms with Crippen LogP contribution in [0.2, 0.25) is 0 Å². The third kappa shape index (κ3) is 9.58. The molecule has 0 atom stereocenters. The zero-order valence-electron chi connectivity index (χ0n) is 11.6. The van der Waals surface area contributed by atoms with Crippen molar-refractivity contribution in [1.29, 1.82) is 0 Å². The van der Waals surface area contributed by atoms with Crippen molar-refractivity contribution in [3.63, 3.8) is 0 Å². The van der Waals surface area contributed by atoms with Gasteiger partial charge in [0.15, 0.2) is 0 Å². The predicted octanol–water partition coefficient (Wildman–Crippen LogP) is 3.05. The monoisotopic (exact) mass is 323 g/mol. The van der Waals surface area contributed by atoms with E-state index in [1.54, 1.807) is 0 Å². The van der Waals surface area contributed by atoms with Crippen molar-refractivity contribution >= 4 is 42.3 Å². The molecule has 1 amide bonds. The van der Waals surface area contributed by atoms with Crippen LogP contribution in [-0.2, 0) is 4.74 Å². The van der Waals surface area contributed by atoms with Crippen molar-refractivity contribution in [3.8, 4) is 0 Å². The van der Waals surface area contributed by atoms with Crippen molar-refractivity contribution < 1.29 is 9.53 Å². The molecule has 7 heteroatoms. The molecular weight excluding hydrogens is 301 g/mol. The fraction of sp³-hybridized carbons (Fsp3) is 0.462. The number of unbranched alkanes of at least 4 members (excludes halogenated alkanes) is 1. The van der Waals surface area contributed by atoms with Crippen LogP contribution < -0.4 is 16.4 Å². The van der Waals surface area contributed by atoms with Gasteiger partial charge in [0.2, 0.25) is 0 Å². The molecule has 0 saturated heterocycles. The number of anilines is 2. The van der Waals surface area contributed by atoms with Crippen molar-refractivity contribution in [2.45, 2.75) is 19.8 Å². The molecule has 0 bridgehead atoms. The highest BCUT2D eigenvalue weighted by Gasteiger charge is 1.99. The Morgan fingerprint density at radius 3 is 2.45 bits per heavy atom. The number of nitrogens with one attached hydrogen (secondary N) is 2. The van der Waals surface area contributed by atoms with Crippen LogP contribution in [0, 0.1) is 0 Å². The SMILES string of the molecule is CCCCNC(=O)OCCNc1ccc(N)cc1.Cl.Cl. The minimum Gasteiger partial charge on any atom is -0.448 e. The topological polar surface area (TPSA) is 76.4 Å². The summed E-state index contributed by atoms with van der Waals surface area (Å²) in [6, 6.07) is 7.41. The van der Waals surface area contributed by atoms with E-state index in [2.05, 4.69) is 17.6 Å².